The molecule has 0 amide bonds. The molecule has 1 aliphatic carbocycles. The Morgan fingerprint density at radius 2 is 1.65 bits per heavy atom. The summed E-state index contributed by atoms with van der Waals surface area (Å²) in [5, 5.41) is 0. The van der Waals surface area contributed by atoms with E-state index in [9.17, 15) is 22.0 Å². The normalized spacial score (nSPS) is 20.0. The van der Waals surface area contributed by atoms with E-state index in [2.05, 4.69) is 4.74 Å². The van der Waals surface area contributed by atoms with E-state index in [4.69, 9.17) is 0 Å². The van der Waals surface area contributed by atoms with Gasteiger partial charge in [0.15, 0.2) is 0 Å². The number of ether oxygens (including phenoxy) is 1. The van der Waals surface area contributed by atoms with E-state index in [1.165, 1.54) is 0 Å². The fourth-order valence-electron chi connectivity index (χ4n) is 2.03. The van der Waals surface area contributed by atoms with Crippen LogP contribution in [-0.2, 0) is 11.3 Å². The van der Waals surface area contributed by atoms with Gasteiger partial charge in [-0.25, -0.2) is 4.39 Å². The first-order valence-electron chi connectivity index (χ1n) is 6.06. The van der Waals surface area contributed by atoms with Crippen LogP contribution >= 0.6 is 0 Å². The smallest absolute Gasteiger partial charge is 0.375 e. The molecular formula is C14H13F5O. The van der Waals surface area contributed by atoms with Crippen LogP contribution in [0.2, 0.25) is 0 Å². The Labute approximate surface area is 113 Å². The molecular weight excluding hydrogens is 279 g/mol. The quantitative estimate of drug-likeness (QED) is 0.725. The van der Waals surface area contributed by atoms with Crippen molar-refractivity contribution >= 4 is 0 Å². The van der Waals surface area contributed by atoms with E-state index < -0.39 is 23.4 Å². The molecule has 0 fully saturated rings. The highest BCUT2D eigenvalue weighted by Gasteiger charge is 2.74. The maximum Gasteiger partial charge on any atom is 0.375 e. The Morgan fingerprint density at radius 1 is 1.05 bits per heavy atom. The van der Waals surface area contributed by atoms with Crippen molar-refractivity contribution in [3.8, 4) is 0 Å². The lowest BCUT2D eigenvalue weighted by Crippen LogP contribution is -2.53. The molecule has 20 heavy (non-hydrogen) atoms. The highest BCUT2D eigenvalue weighted by molar-refractivity contribution is 5.36. The van der Waals surface area contributed by atoms with Crippen molar-refractivity contribution < 1.29 is 26.7 Å². The summed E-state index contributed by atoms with van der Waals surface area (Å²) in [6.45, 7) is 3.42. The lowest BCUT2D eigenvalue weighted by molar-refractivity contribution is -0.233. The molecule has 2 rings (SSSR count). The summed E-state index contributed by atoms with van der Waals surface area (Å²) in [6, 6.07) is 6.85. The summed E-state index contributed by atoms with van der Waals surface area (Å²) < 4.78 is 68.8. The maximum atomic E-state index is 13.0. The van der Waals surface area contributed by atoms with Gasteiger partial charge in [-0.1, -0.05) is 38.1 Å². The third-order valence-corrected chi connectivity index (χ3v) is 3.20. The molecule has 0 N–H and O–H groups in total. The van der Waals surface area contributed by atoms with Gasteiger partial charge in [-0.3, -0.25) is 0 Å². The largest absolute Gasteiger partial charge is 0.484 e. The molecule has 0 saturated heterocycles. The summed E-state index contributed by atoms with van der Waals surface area (Å²) >= 11 is 0. The summed E-state index contributed by atoms with van der Waals surface area (Å²) in [5.41, 5.74) is 1.40. The van der Waals surface area contributed by atoms with Gasteiger partial charge in [-0.15, -0.1) is 0 Å². The van der Waals surface area contributed by atoms with Gasteiger partial charge >= 0.3 is 11.8 Å². The number of hydrogen-bond donors (Lipinski definition) is 0. The van der Waals surface area contributed by atoms with Gasteiger partial charge in [-0.05, 0) is 17.0 Å². The van der Waals surface area contributed by atoms with Crippen molar-refractivity contribution in [3.63, 3.8) is 0 Å². The summed E-state index contributed by atoms with van der Waals surface area (Å²) in [5.74, 6) is -13.0. The van der Waals surface area contributed by atoms with Gasteiger partial charge in [-0.2, -0.15) is 17.6 Å². The minimum atomic E-state index is -4.76. The topological polar surface area (TPSA) is 9.23 Å². The fraction of sp³-hybridized carbons (Fsp3) is 0.429. The van der Waals surface area contributed by atoms with E-state index in [1.807, 2.05) is 13.8 Å². The predicted molar refractivity (Wildman–Crippen MR) is 63.3 cm³/mol. The van der Waals surface area contributed by atoms with Gasteiger partial charge < -0.3 is 4.74 Å². The Bertz CT molecular complexity index is 548. The number of benzene rings is 1. The van der Waals surface area contributed by atoms with E-state index in [0.29, 0.717) is 5.56 Å². The molecule has 0 atom stereocenters. The Morgan fingerprint density at radius 3 is 2.20 bits per heavy atom. The van der Waals surface area contributed by atoms with Gasteiger partial charge in [0.05, 0.1) is 0 Å². The predicted octanol–water partition coefficient (Wildman–Crippen LogP) is 4.79. The second-order valence-corrected chi connectivity index (χ2v) is 4.93. The third kappa shape index (κ3) is 2.07. The number of hydrogen-bond acceptors (Lipinski definition) is 1. The first kappa shape index (κ1) is 14.8. The van der Waals surface area contributed by atoms with Crippen molar-refractivity contribution in [2.75, 3.05) is 0 Å². The van der Waals surface area contributed by atoms with Crippen LogP contribution in [0.1, 0.15) is 30.9 Å². The molecule has 0 unspecified atom stereocenters. The standard InChI is InChI=1S/C14H13F5O/c1-8(2)10-6-4-3-5-9(10)7-20-12-11(15)13(16,17)14(12,18)19/h3-6,8H,7H2,1-2H3. The maximum absolute atomic E-state index is 13.0. The zero-order valence-electron chi connectivity index (χ0n) is 10.9. The van der Waals surface area contributed by atoms with Gasteiger partial charge in [0, 0.05) is 0 Å². The summed E-state index contributed by atoms with van der Waals surface area (Å²) in [6.07, 6.45) is 0. The van der Waals surface area contributed by atoms with E-state index >= 15 is 0 Å². The average molecular weight is 292 g/mol. The highest BCUT2D eigenvalue weighted by Crippen LogP contribution is 2.56. The van der Waals surface area contributed by atoms with Crippen molar-refractivity contribution in [2.45, 2.75) is 38.2 Å². The molecule has 110 valence electrons. The number of allylic oxidation sites excluding steroid dienone is 2. The molecule has 0 heterocycles. The Kier molecular flexibility index (Phi) is 3.52. The van der Waals surface area contributed by atoms with Crippen LogP contribution < -0.4 is 0 Å². The number of rotatable bonds is 4. The van der Waals surface area contributed by atoms with Crippen molar-refractivity contribution in [1.29, 1.82) is 0 Å². The monoisotopic (exact) mass is 292 g/mol. The molecule has 0 spiro atoms. The zero-order valence-corrected chi connectivity index (χ0v) is 10.9. The summed E-state index contributed by atoms with van der Waals surface area (Å²) in [4.78, 5) is 0. The van der Waals surface area contributed by atoms with Crippen molar-refractivity contribution in [3.05, 3.63) is 47.0 Å². The second kappa shape index (κ2) is 4.75. The zero-order chi connectivity index (χ0) is 15.1. The van der Waals surface area contributed by atoms with Crippen molar-refractivity contribution in [2.24, 2.45) is 0 Å². The number of alkyl halides is 4. The molecule has 0 aromatic heterocycles. The highest BCUT2D eigenvalue weighted by atomic mass is 19.3. The van der Waals surface area contributed by atoms with Crippen LogP contribution in [0, 0.1) is 0 Å². The van der Waals surface area contributed by atoms with Gasteiger partial charge in [0.2, 0.25) is 11.6 Å². The first-order valence-corrected chi connectivity index (χ1v) is 6.06. The molecule has 0 aliphatic heterocycles. The molecule has 0 saturated carbocycles. The second-order valence-electron chi connectivity index (χ2n) is 4.93. The SMILES string of the molecule is CC(C)c1ccccc1COC1=C(F)C(F)(F)C1(F)F. The van der Waals surface area contributed by atoms with E-state index in [1.54, 1.807) is 24.3 Å². The van der Waals surface area contributed by atoms with Gasteiger partial charge in [0.1, 0.15) is 6.61 Å². The van der Waals surface area contributed by atoms with Crippen molar-refractivity contribution in [1.82, 2.24) is 0 Å². The molecule has 1 aromatic rings. The molecule has 1 nitrogen and oxygen atoms in total. The van der Waals surface area contributed by atoms with Crippen LogP contribution in [0.5, 0.6) is 0 Å². The van der Waals surface area contributed by atoms with E-state index in [-0.39, 0.29) is 12.5 Å². The Hall–Kier alpha value is -1.59. The number of halogens is 5. The molecule has 1 aliphatic rings. The Balaban J connectivity index is 2.18. The van der Waals surface area contributed by atoms with Gasteiger partial charge in [0.25, 0.3) is 0 Å². The van der Waals surface area contributed by atoms with Crippen LogP contribution in [0.3, 0.4) is 0 Å². The fourth-order valence-corrected chi connectivity index (χ4v) is 2.03. The minimum absolute atomic E-state index is 0.108. The van der Waals surface area contributed by atoms with Crippen LogP contribution in [0.25, 0.3) is 0 Å². The molecule has 0 bridgehead atoms. The van der Waals surface area contributed by atoms with Crippen LogP contribution in [0.4, 0.5) is 22.0 Å². The minimum Gasteiger partial charge on any atom is -0.484 e. The lowest BCUT2D eigenvalue weighted by atomic mass is 9.95. The first-order chi connectivity index (χ1) is 9.19. The molecule has 6 heteroatoms. The third-order valence-electron chi connectivity index (χ3n) is 3.20. The molecule has 1 aromatic carbocycles. The van der Waals surface area contributed by atoms with Crippen LogP contribution in [0.15, 0.2) is 35.9 Å². The van der Waals surface area contributed by atoms with Crippen LogP contribution in [-0.4, -0.2) is 11.8 Å². The van der Waals surface area contributed by atoms with E-state index in [0.717, 1.165) is 5.56 Å². The lowest BCUT2D eigenvalue weighted by Gasteiger charge is -2.35. The average Bonchev–Trinajstić information content (AvgIpc) is 2.38. The summed E-state index contributed by atoms with van der Waals surface area (Å²) in [7, 11) is 0. The molecule has 0 radical (unpaired) electrons.